The van der Waals surface area contributed by atoms with Gasteiger partial charge in [0.2, 0.25) is 0 Å². The molecule has 182 valence electrons. The first-order valence-corrected chi connectivity index (χ1v) is 12.7. The molecule has 3 heterocycles. The van der Waals surface area contributed by atoms with Crippen LogP contribution < -0.4 is 0 Å². The van der Waals surface area contributed by atoms with Crippen LogP contribution in [0.4, 0.5) is 0 Å². The van der Waals surface area contributed by atoms with Gasteiger partial charge in [-0.2, -0.15) is 0 Å². The van der Waals surface area contributed by atoms with Crippen LogP contribution in [0.3, 0.4) is 0 Å². The molecule has 6 aromatic rings. The van der Waals surface area contributed by atoms with Crippen molar-refractivity contribution in [2.24, 2.45) is 0 Å². The van der Waals surface area contributed by atoms with E-state index in [1.165, 1.54) is 17.5 Å². The molecule has 1 atom stereocenters. The fraction of sp³-hybridized carbons (Fsp3) is 0.290. The molecule has 6 rings (SSSR count). The predicted octanol–water partition coefficient (Wildman–Crippen LogP) is 8.53. The van der Waals surface area contributed by atoms with Gasteiger partial charge in [-0.1, -0.05) is 45.9 Å². The minimum Gasteiger partial charge on any atom is -0.461 e. The fourth-order valence-corrected chi connectivity index (χ4v) is 4.90. The molecule has 0 bridgehead atoms. The van der Waals surface area contributed by atoms with E-state index in [4.69, 9.17) is 18.2 Å². The van der Waals surface area contributed by atoms with E-state index in [0.29, 0.717) is 18.3 Å². The SMILES string of the molecule is CC(C)c1ccc2oc(CC(Cc3nc4ccc(C(C)C)cc4o3)c3ccc4ncoc4c3)cc2c1. The second kappa shape index (κ2) is 8.98. The molecule has 0 spiro atoms. The largest absolute Gasteiger partial charge is 0.461 e. The Labute approximate surface area is 210 Å². The molecule has 36 heavy (non-hydrogen) atoms. The van der Waals surface area contributed by atoms with E-state index in [2.05, 4.69) is 87.3 Å². The smallest absolute Gasteiger partial charge is 0.196 e. The molecule has 0 saturated carbocycles. The lowest BCUT2D eigenvalue weighted by Gasteiger charge is -2.14. The molecule has 0 N–H and O–H groups in total. The summed E-state index contributed by atoms with van der Waals surface area (Å²) in [6, 6.07) is 21.1. The Balaban J connectivity index is 1.36. The molecule has 0 aliphatic heterocycles. The number of hydrogen-bond acceptors (Lipinski definition) is 5. The van der Waals surface area contributed by atoms with Crippen molar-refractivity contribution < 1.29 is 13.3 Å². The third-order valence-electron chi connectivity index (χ3n) is 7.08. The Bertz CT molecular complexity index is 1580. The number of rotatable bonds is 7. The van der Waals surface area contributed by atoms with E-state index in [9.17, 15) is 0 Å². The van der Waals surface area contributed by atoms with Crippen LogP contribution >= 0.6 is 0 Å². The van der Waals surface area contributed by atoms with Crippen molar-refractivity contribution in [3.8, 4) is 0 Å². The van der Waals surface area contributed by atoms with Gasteiger partial charge in [-0.05, 0) is 76.9 Å². The normalized spacial score (nSPS) is 13.1. The number of benzene rings is 3. The number of furan rings is 1. The fourth-order valence-electron chi connectivity index (χ4n) is 4.90. The van der Waals surface area contributed by atoms with Crippen molar-refractivity contribution in [2.45, 2.75) is 58.3 Å². The lowest BCUT2D eigenvalue weighted by molar-refractivity contribution is 0.469. The first-order chi connectivity index (χ1) is 17.4. The van der Waals surface area contributed by atoms with Crippen LogP contribution in [0, 0.1) is 0 Å². The van der Waals surface area contributed by atoms with Crippen LogP contribution in [0.15, 0.2) is 80.3 Å². The topological polar surface area (TPSA) is 65.2 Å². The predicted molar refractivity (Wildman–Crippen MR) is 143 cm³/mol. The first-order valence-electron chi connectivity index (χ1n) is 12.7. The second-order valence-electron chi connectivity index (χ2n) is 10.3. The molecule has 1 unspecified atom stereocenters. The molecule has 0 aliphatic carbocycles. The molecule has 0 amide bonds. The molecule has 0 fully saturated rings. The van der Waals surface area contributed by atoms with Gasteiger partial charge in [0.05, 0.1) is 0 Å². The van der Waals surface area contributed by atoms with Gasteiger partial charge >= 0.3 is 0 Å². The Morgan fingerprint density at radius 1 is 0.667 bits per heavy atom. The van der Waals surface area contributed by atoms with Gasteiger partial charge in [-0.3, -0.25) is 0 Å². The summed E-state index contributed by atoms with van der Waals surface area (Å²) in [4.78, 5) is 9.09. The van der Waals surface area contributed by atoms with Crippen molar-refractivity contribution in [3.63, 3.8) is 0 Å². The highest BCUT2D eigenvalue weighted by atomic mass is 16.3. The maximum Gasteiger partial charge on any atom is 0.196 e. The summed E-state index contributed by atoms with van der Waals surface area (Å²) in [6.07, 6.45) is 2.86. The minimum atomic E-state index is 0.0993. The summed E-state index contributed by atoms with van der Waals surface area (Å²) < 4.78 is 18.1. The zero-order valence-electron chi connectivity index (χ0n) is 21.1. The Hall–Kier alpha value is -3.86. The van der Waals surface area contributed by atoms with Crippen LogP contribution in [0.2, 0.25) is 0 Å². The summed E-state index contributed by atoms with van der Waals surface area (Å²) in [7, 11) is 0. The average molecular weight is 479 g/mol. The Kier molecular flexibility index (Phi) is 5.63. The highest BCUT2D eigenvalue weighted by Gasteiger charge is 2.21. The van der Waals surface area contributed by atoms with Crippen molar-refractivity contribution >= 4 is 33.2 Å². The molecule has 5 nitrogen and oxygen atoms in total. The van der Waals surface area contributed by atoms with Crippen LogP contribution in [-0.4, -0.2) is 9.97 Å². The van der Waals surface area contributed by atoms with E-state index >= 15 is 0 Å². The van der Waals surface area contributed by atoms with Gasteiger partial charge < -0.3 is 13.3 Å². The van der Waals surface area contributed by atoms with E-state index in [0.717, 1.165) is 56.8 Å². The van der Waals surface area contributed by atoms with Gasteiger partial charge in [0, 0.05) is 18.2 Å². The van der Waals surface area contributed by atoms with Crippen LogP contribution in [-0.2, 0) is 12.8 Å². The van der Waals surface area contributed by atoms with Crippen molar-refractivity contribution in [1.82, 2.24) is 9.97 Å². The molecular formula is C31H30N2O3. The number of hydrogen-bond donors (Lipinski definition) is 0. The van der Waals surface area contributed by atoms with Gasteiger partial charge in [-0.25, -0.2) is 9.97 Å². The highest BCUT2D eigenvalue weighted by molar-refractivity contribution is 5.79. The summed E-state index contributed by atoms with van der Waals surface area (Å²) in [5.41, 5.74) is 7.99. The monoisotopic (exact) mass is 478 g/mol. The third kappa shape index (κ3) is 4.30. The van der Waals surface area contributed by atoms with Crippen LogP contribution in [0.25, 0.3) is 33.2 Å². The summed E-state index contributed by atoms with van der Waals surface area (Å²) >= 11 is 0. The molecule has 0 aliphatic rings. The zero-order valence-corrected chi connectivity index (χ0v) is 21.1. The number of fused-ring (bicyclic) bond motifs is 3. The van der Waals surface area contributed by atoms with E-state index in [1.54, 1.807) is 0 Å². The summed E-state index contributed by atoms with van der Waals surface area (Å²) in [5.74, 6) is 2.69. The zero-order chi connectivity index (χ0) is 24.8. The third-order valence-corrected chi connectivity index (χ3v) is 7.08. The van der Waals surface area contributed by atoms with Crippen LogP contribution in [0.1, 0.15) is 73.8 Å². The molecule has 3 aromatic heterocycles. The Morgan fingerprint density at radius 2 is 1.39 bits per heavy atom. The summed E-state index contributed by atoms with van der Waals surface area (Å²) in [6.45, 7) is 8.79. The van der Waals surface area contributed by atoms with E-state index in [1.807, 2.05) is 6.07 Å². The molecular weight excluding hydrogens is 448 g/mol. The van der Waals surface area contributed by atoms with Gasteiger partial charge in [0.15, 0.2) is 23.5 Å². The van der Waals surface area contributed by atoms with Crippen LogP contribution in [0.5, 0.6) is 0 Å². The average Bonchev–Trinajstić information content (AvgIpc) is 3.59. The maximum atomic E-state index is 6.28. The van der Waals surface area contributed by atoms with E-state index in [-0.39, 0.29) is 5.92 Å². The standard InChI is InChI=1S/C31H30N2O3/c1-18(2)20-7-10-28-24(11-20)13-25(35-28)12-23(22-6-8-26-29(15-22)34-17-32-26)16-31-33-27-9-5-21(19(3)4)14-30(27)36-31/h5-11,13-15,17-19,23H,12,16H2,1-4H3. The molecule has 3 aromatic carbocycles. The Morgan fingerprint density at radius 3 is 2.22 bits per heavy atom. The molecule has 5 heteroatoms. The van der Waals surface area contributed by atoms with Crippen molar-refractivity contribution in [1.29, 1.82) is 0 Å². The van der Waals surface area contributed by atoms with Crippen molar-refractivity contribution in [3.05, 3.63) is 95.4 Å². The number of oxazole rings is 2. The summed E-state index contributed by atoms with van der Waals surface area (Å²) in [5, 5.41) is 1.14. The lowest BCUT2D eigenvalue weighted by atomic mass is 9.91. The number of aromatic nitrogens is 2. The molecule has 0 radical (unpaired) electrons. The van der Waals surface area contributed by atoms with E-state index < -0.39 is 0 Å². The molecule has 0 saturated heterocycles. The quantitative estimate of drug-likeness (QED) is 0.230. The maximum absolute atomic E-state index is 6.28. The minimum absolute atomic E-state index is 0.0993. The van der Waals surface area contributed by atoms with Crippen molar-refractivity contribution in [2.75, 3.05) is 0 Å². The second-order valence-corrected chi connectivity index (χ2v) is 10.3. The van der Waals surface area contributed by atoms with Gasteiger partial charge in [-0.15, -0.1) is 0 Å². The highest BCUT2D eigenvalue weighted by Crippen LogP contribution is 2.32. The van der Waals surface area contributed by atoms with Gasteiger partial charge in [0.25, 0.3) is 0 Å². The first kappa shape index (κ1) is 22.6. The van der Waals surface area contributed by atoms with Gasteiger partial charge in [0.1, 0.15) is 22.4 Å². The lowest BCUT2D eigenvalue weighted by Crippen LogP contribution is -2.07. The number of nitrogens with zero attached hydrogens (tertiary/aromatic N) is 2.